The van der Waals surface area contributed by atoms with Crippen LogP contribution in [0, 0.1) is 6.92 Å². The van der Waals surface area contributed by atoms with Gasteiger partial charge in [-0.25, -0.2) is 4.99 Å². The molecule has 23 heavy (non-hydrogen) atoms. The average molecular weight is 343 g/mol. The largest absolute Gasteiger partial charge is 0.442 e. The second kappa shape index (κ2) is 5.26. The molecule has 0 aliphatic carbocycles. The first-order chi connectivity index (χ1) is 10.8. The zero-order valence-electron chi connectivity index (χ0n) is 12.0. The highest BCUT2D eigenvalue weighted by molar-refractivity contribution is 8.14. The molecule has 1 unspecified atom stereocenters. The Labute approximate surface area is 133 Å². The summed E-state index contributed by atoms with van der Waals surface area (Å²) in [6.07, 6.45) is -5.03. The van der Waals surface area contributed by atoms with Crippen molar-refractivity contribution in [1.82, 2.24) is 10.2 Å². The van der Waals surface area contributed by atoms with E-state index in [0.29, 0.717) is 11.3 Å². The Morgan fingerprint density at radius 3 is 2.70 bits per heavy atom. The molecule has 2 heterocycles. The highest BCUT2D eigenvalue weighted by atomic mass is 32.2. The lowest BCUT2D eigenvalue weighted by atomic mass is 10.1. The van der Waals surface area contributed by atoms with Crippen molar-refractivity contribution in [2.24, 2.45) is 4.99 Å². The number of aliphatic imine (C=N–C) groups is 1. The van der Waals surface area contributed by atoms with Crippen LogP contribution in [0.1, 0.15) is 15.9 Å². The summed E-state index contributed by atoms with van der Waals surface area (Å²) in [5, 5.41) is 1.81. The Hall–Kier alpha value is -2.03. The second-order valence-corrected chi connectivity index (χ2v) is 6.24. The van der Waals surface area contributed by atoms with Gasteiger partial charge in [-0.2, -0.15) is 13.2 Å². The van der Waals surface area contributed by atoms with Crippen molar-refractivity contribution in [3.8, 4) is 0 Å². The van der Waals surface area contributed by atoms with Gasteiger partial charge in [0.25, 0.3) is 11.8 Å². The first-order valence-electron chi connectivity index (χ1n) is 6.76. The fourth-order valence-corrected chi connectivity index (χ4v) is 3.45. The molecule has 1 fully saturated rings. The standard InChI is InChI=1S/C14H12F3N3O2S/c1-8-4-2-3-5-9(8)10(21)18-13(14(15,16)17)11(22)20-6-7-23-12(20)19-13/h2-5H,6-7H2,1H3,(H,18,21). The summed E-state index contributed by atoms with van der Waals surface area (Å²) in [7, 11) is 0. The average Bonchev–Trinajstić information content (AvgIpc) is 3.01. The molecule has 0 radical (unpaired) electrons. The number of thioether (sulfide) groups is 1. The highest BCUT2D eigenvalue weighted by Crippen LogP contribution is 2.41. The van der Waals surface area contributed by atoms with Crippen LogP contribution in [0.25, 0.3) is 0 Å². The number of hydrogen-bond donors (Lipinski definition) is 1. The van der Waals surface area contributed by atoms with Gasteiger partial charge in [0.2, 0.25) is 0 Å². The molecule has 122 valence electrons. The summed E-state index contributed by atoms with van der Waals surface area (Å²) in [5.74, 6) is -1.75. The fourth-order valence-electron chi connectivity index (χ4n) is 2.47. The molecule has 1 saturated heterocycles. The predicted octanol–water partition coefficient (Wildman–Crippen LogP) is 1.93. The molecular weight excluding hydrogens is 331 g/mol. The van der Waals surface area contributed by atoms with Crippen LogP contribution < -0.4 is 5.32 Å². The molecule has 1 aromatic carbocycles. The third-order valence-electron chi connectivity index (χ3n) is 3.69. The van der Waals surface area contributed by atoms with E-state index in [2.05, 4.69) is 4.99 Å². The maximum absolute atomic E-state index is 13.6. The van der Waals surface area contributed by atoms with Crippen molar-refractivity contribution >= 4 is 28.7 Å². The van der Waals surface area contributed by atoms with E-state index in [1.165, 1.54) is 6.07 Å². The van der Waals surface area contributed by atoms with Crippen molar-refractivity contribution in [1.29, 1.82) is 0 Å². The number of alkyl halides is 3. The summed E-state index contributed by atoms with van der Waals surface area (Å²) >= 11 is 1.06. The lowest BCUT2D eigenvalue weighted by Crippen LogP contribution is -2.63. The summed E-state index contributed by atoms with van der Waals surface area (Å²) in [6, 6.07) is 6.21. The van der Waals surface area contributed by atoms with Crippen LogP contribution in [0.5, 0.6) is 0 Å². The quantitative estimate of drug-likeness (QED) is 0.893. The Balaban J connectivity index is 2.00. The number of aryl methyl sites for hydroxylation is 1. The first kappa shape index (κ1) is 15.9. The molecule has 2 aliphatic heterocycles. The zero-order valence-corrected chi connectivity index (χ0v) is 12.8. The number of hydrogen-bond acceptors (Lipinski definition) is 4. The highest BCUT2D eigenvalue weighted by Gasteiger charge is 2.67. The van der Waals surface area contributed by atoms with Crippen LogP contribution in [-0.2, 0) is 4.79 Å². The Bertz CT molecular complexity index is 719. The number of rotatable bonds is 2. The van der Waals surface area contributed by atoms with E-state index in [0.717, 1.165) is 16.7 Å². The number of carbonyl (C=O) groups is 2. The normalized spacial score (nSPS) is 23.7. The Morgan fingerprint density at radius 2 is 2.09 bits per heavy atom. The number of halogens is 3. The van der Waals surface area contributed by atoms with Crippen molar-refractivity contribution in [2.45, 2.75) is 18.8 Å². The molecule has 1 N–H and O–H groups in total. The zero-order chi connectivity index (χ0) is 16.8. The second-order valence-electron chi connectivity index (χ2n) is 5.18. The molecule has 3 rings (SSSR count). The van der Waals surface area contributed by atoms with E-state index in [-0.39, 0.29) is 17.3 Å². The van der Waals surface area contributed by atoms with Gasteiger partial charge in [0, 0.05) is 17.9 Å². The third-order valence-corrected chi connectivity index (χ3v) is 4.65. The predicted molar refractivity (Wildman–Crippen MR) is 79.0 cm³/mol. The number of carbonyl (C=O) groups excluding carboxylic acids is 2. The number of fused-ring (bicyclic) bond motifs is 1. The van der Waals surface area contributed by atoms with Gasteiger partial charge in [-0.3, -0.25) is 14.5 Å². The Morgan fingerprint density at radius 1 is 1.39 bits per heavy atom. The lowest BCUT2D eigenvalue weighted by molar-refractivity contribution is -0.196. The molecule has 0 bridgehead atoms. The molecule has 1 aromatic rings. The van der Waals surface area contributed by atoms with E-state index in [9.17, 15) is 22.8 Å². The molecule has 1 atom stereocenters. The van der Waals surface area contributed by atoms with E-state index in [1.54, 1.807) is 25.1 Å². The van der Waals surface area contributed by atoms with Gasteiger partial charge in [0.05, 0.1) is 0 Å². The van der Waals surface area contributed by atoms with Gasteiger partial charge in [0.1, 0.15) is 0 Å². The van der Waals surface area contributed by atoms with Crippen LogP contribution in [-0.4, -0.2) is 46.0 Å². The Kier molecular flexibility index (Phi) is 3.62. The number of amidine groups is 1. The third kappa shape index (κ3) is 2.39. The van der Waals surface area contributed by atoms with E-state index < -0.39 is 23.7 Å². The van der Waals surface area contributed by atoms with E-state index in [1.807, 2.05) is 5.32 Å². The number of nitrogens with one attached hydrogen (secondary N) is 1. The first-order valence-corrected chi connectivity index (χ1v) is 7.74. The van der Waals surface area contributed by atoms with Gasteiger partial charge in [0.15, 0.2) is 5.17 Å². The van der Waals surface area contributed by atoms with Gasteiger partial charge in [-0.15, -0.1) is 0 Å². The molecule has 2 aliphatic rings. The van der Waals surface area contributed by atoms with Crippen LogP contribution in [0.3, 0.4) is 0 Å². The smallest absolute Gasteiger partial charge is 0.312 e. The molecule has 9 heteroatoms. The SMILES string of the molecule is Cc1ccccc1C(=O)NC1(C(F)(F)F)N=C2SCCN2C1=O. The van der Waals surface area contributed by atoms with Crippen LogP contribution >= 0.6 is 11.8 Å². The summed E-state index contributed by atoms with van der Waals surface area (Å²) in [6.45, 7) is 1.76. The van der Waals surface area contributed by atoms with Crippen LogP contribution in [0.15, 0.2) is 29.3 Å². The summed E-state index contributed by atoms with van der Waals surface area (Å²) < 4.78 is 40.7. The lowest BCUT2D eigenvalue weighted by Gasteiger charge is -2.28. The van der Waals surface area contributed by atoms with Crippen molar-refractivity contribution in [3.63, 3.8) is 0 Å². The number of nitrogens with zero attached hydrogens (tertiary/aromatic N) is 2. The van der Waals surface area contributed by atoms with Crippen LogP contribution in [0.4, 0.5) is 13.2 Å². The molecule has 0 saturated carbocycles. The van der Waals surface area contributed by atoms with E-state index in [4.69, 9.17) is 0 Å². The number of amides is 2. The minimum absolute atomic E-state index is 0.00240. The maximum atomic E-state index is 13.6. The topological polar surface area (TPSA) is 61.8 Å². The van der Waals surface area contributed by atoms with Crippen molar-refractivity contribution < 1.29 is 22.8 Å². The molecule has 0 spiro atoms. The van der Waals surface area contributed by atoms with Crippen molar-refractivity contribution in [2.75, 3.05) is 12.3 Å². The molecular formula is C14H12F3N3O2S. The van der Waals surface area contributed by atoms with Gasteiger partial charge in [-0.1, -0.05) is 30.0 Å². The summed E-state index contributed by atoms with van der Waals surface area (Å²) in [5.41, 5.74) is -2.66. The van der Waals surface area contributed by atoms with Crippen molar-refractivity contribution in [3.05, 3.63) is 35.4 Å². The summed E-state index contributed by atoms with van der Waals surface area (Å²) in [4.78, 5) is 29.0. The number of benzene rings is 1. The minimum atomic E-state index is -5.03. The molecule has 0 aromatic heterocycles. The van der Waals surface area contributed by atoms with E-state index >= 15 is 0 Å². The van der Waals surface area contributed by atoms with Gasteiger partial charge < -0.3 is 5.32 Å². The minimum Gasteiger partial charge on any atom is -0.312 e. The van der Waals surface area contributed by atoms with Gasteiger partial charge >= 0.3 is 11.8 Å². The maximum Gasteiger partial charge on any atom is 0.442 e. The molecule has 2 amide bonds. The monoisotopic (exact) mass is 343 g/mol. The van der Waals surface area contributed by atoms with Gasteiger partial charge in [-0.05, 0) is 18.6 Å². The fraction of sp³-hybridized carbons (Fsp3) is 0.357. The molecule has 5 nitrogen and oxygen atoms in total. The van der Waals surface area contributed by atoms with Crippen LogP contribution in [0.2, 0.25) is 0 Å².